The normalized spacial score (nSPS) is 10.7. The van der Waals surface area contributed by atoms with Crippen molar-refractivity contribution in [3.63, 3.8) is 0 Å². The van der Waals surface area contributed by atoms with E-state index in [1.54, 1.807) is 12.1 Å². The standard InChI is InChI=1S/C25H25N3O3/c1-17-7-10-20(11-8-17)16-31-23-6-4-5-21(14-23)15-26-28-25(30)24(29)27-22-12-9-18(2)19(3)13-22/h4-15H,16H2,1-3H3,(H,27,29)(H,28,30). The maximum atomic E-state index is 12.0. The maximum absolute atomic E-state index is 12.0. The summed E-state index contributed by atoms with van der Waals surface area (Å²) < 4.78 is 5.81. The summed E-state index contributed by atoms with van der Waals surface area (Å²) in [5, 5.41) is 6.42. The average molecular weight is 415 g/mol. The number of hydrogen-bond acceptors (Lipinski definition) is 4. The van der Waals surface area contributed by atoms with Gasteiger partial charge in [0.1, 0.15) is 12.4 Å². The number of hydrogen-bond donors (Lipinski definition) is 2. The molecule has 3 aromatic carbocycles. The predicted octanol–water partition coefficient (Wildman–Crippen LogP) is 4.28. The van der Waals surface area contributed by atoms with E-state index in [1.807, 2.05) is 75.4 Å². The number of nitrogens with zero attached hydrogens (tertiary/aromatic N) is 1. The van der Waals surface area contributed by atoms with E-state index >= 15 is 0 Å². The summed E-state index contributed by atoms with van der Waals surface area (Å²) in [6, 6.07) is 20.9. The fourth-order valence-corrected chi connectivity index (χ4v) is 2.76. The highest BCUT2D eigenvalue weighted by Gasteiger charge is 2.13. The fraction of sp³-hybridized carbons (Fsp3) is 0.160. The Bertz CT molecular complexity index is 1110. The van der Waals surface area contributed by atoms with Crippen LogP contribution in [0.1, 0.15) is 27.8 Å². The van der Waals surface area contributed by atoms with Crippen molar-refractivity contribution in [1.82, 2.24) is 5.43 Å². The lowest BCUT2D eigenvalue weighted by atomic mass is 10.1. The highest BCUT2D eigenvalue weighted by molar-refractivity contribution is 6.39. The number of nitrogens with one attached hydrogen (secondary N) is 2. The monoisotopic (exact) mass is 415 g/mol. The zero-order valence-electron chi connectivity index (χ0n) is 17.8. The molecule has 0 spiro atoms. The lowest BCUT2D eigenvalue weighted by Gasteiger charge is -2.07. The van der Waals surface area contributed by atoms with Crippen molar-refractivity contribution in [3.8, 4) is 5.75 Å². The minimum atomic E-state index is -0.846. The van der Waals surface area contributed by atoms with E-state index in [0.29, 0.717) is 18.0 Å². The second-order valence-electron chi connectivity index (χ2n) is 7.30. The molecule has 158 valence electrons. The second-order valence-corrected chi connectivity index (χ2v) is 7.30. The Balaban J connectivity index is 1.52. The number of rotatable bonds is 6. The summed E-state index contributed by atoms with van der Waals surface area (Å²) in [4.78, 5) is 24.0. The van der Waals surface area contributed by atoms with Gasteiger partial charge in [0.25, 0.3) is 0 Å². The number of hydrazone groups is 1. The van der Waals surface area contributed by atoms with Gasteiger partial charge in [-0.2, -0.15) is 5.10 Å². The molecule has 0 aliphatic carbocycles. The molecule has 0 heterocycles. The van der Waals surface area contributed by atoms with Crippen LogP contribution in [0.2, 0.25) is 0 Å². The summed E-state index contributed by atoms with van der Waals surface area (Å²) >= 11 is 0. The van der Waals surface area contributed by atoms with Crippen LogP contribution in [0.25, 0.3) is 0 Å². The van der Waals surface area contributed by atoms with Gasteiger partial charge in [0.15, 0.2) is 0 Å². The molecule has 3 aromatic rings. The predicted molar refractivity (Wildman–Crippen MR) is 122 cm³/mol. The lowest BCUT2D eigenvalue weighted by Crippen LogP contribution is -2.32. The molecule has 0 aliphatic rings. The molecule has 2 N–H and O–H groups in total. The first-order valence-corrected chi connectivity index (χ1v) is 9.91. The van der Waals surface area contributed by atoms with E-state index in [0.717, 1.165) is 22.3 Å². The van der Waals surface area contributed by atoms with Crippen LogP contribution in [0, 0.1) is 20.8 Å². The van der Waals surface area contributed by atoms with Gasteiger partial charge in [0.05, 0.1) is 6.21 Å². The van der Waals surface area contributed by atoms with Crippen LogP contribution in [-0.2, 0) is 16.2 Å². The Labute approximate surface area is 182 Å². The fourth-order valence-electron chi connectivity index (χ4n) is 2.76. The van der Waals surface area contributed by atoms with Gasteiger partial charge in [0, 0.05) is 5.69 Å². The van der Waals surface area contributed by atoms with E-state index < -0.39 is 11.8 Å². The van der Waals surface area contributed by atoms with Gasteiger partial charge >= 0.3 is 11.8 Å². The van der Waals surface area contributed by atoms with Crippen LogP contribution < -0.4 is 15.5 Å². The van der Waals surface area contributed by atoms with E-state index in [9.17, 15) is 9.59 Å². The van der Waals surface area contributed by atoms with Crippen LogP contribution in [0.3, 0.4) is 0 Å². The largest absolute Gasteiger partial charge is 0.489 e. The molecule has 0 saturated heterocycles. The first kappa shape index (κ1) is 21.8. The molecule has 3 rings (SSSR count). The third-order valence-electron chi connectivity index (χ3n) is 4.73. The summed E-state index contributed by atoms with van der Waals surface area (Å²) in [6.07, 6.45) is 1.46. The molecule has 31 heavy (non-hydrogen) atoms. The van der Waals surface area contributed by atoms with Crippen LogP contribution in [0.15, 0.2) is 71.8 Å². The molecule has 2 amide bonds. The van der Waals surface area contributed by atoms with E-state index in [-0.39, 0.29) is 0 Å². The maximum Gasteiger partial charge on any atom is 0.329 e. The quantitative estimate of drug-likeness (QED) is 0.358. The average Bonchev–Trinajstić information content (AvgIpc) is 2.76. The summed E-state index contributed by atoms with van der Waals surface area (Å²) in [5.41, 5.74) is 7.94. The van der Waals surface area contributed by atoms with E-state index in [2.05, 4.69) is 15.8 Å². The lowest BCUT2D eigenvalue weighted by molar-refractivity contribution is -0.136. The molecule has 0 radical (unpaired) electrons. The Morgan fingerprint density at radius 1 is 0.903 bits per heavy atom. The number of anilines is 1. The van der Waals surface area contributed by atoms with Crippen molar-refractivity contribution in [2.24, 2.45) is 5.10 Å². The molecule has 6 nitrogen and oxygen atoms in total. The first-order chi connectivity index (χ1) is 14.9. The number of amides is 2. The molecular weight excluding hydrogens is 390 g/mol. The van der Waals surface area contributed by atoms with Gasteiger partial charge in [-0.05, 0) is 67.3 Å². The zero-order chi connectivity index (χ0) is 22.2. The van der Waals surface area contributed by atoms with Gasteiger partial charge < -0.3 is 10.1 Å². The molecule has 0 atom stereocenters. The Kier molecular flexibility index (Phi) is 7.17. The number of carbonyl (C=O) groups is 2. The number of aryl methyl sites for hydroxylation is 3. The second kappa shape index (κ2) is 10.2. The molecule has 0 aliphatic heterocycles. The minimum absolute atomic E-state index is 0.455. The third kappa shape index (κ3) is 6.54. The summed E-state index contributed by atoms with van der Waals surface area (Å²) in [7, 11) is 0. The van der Waals surface area contributed by atoms with Gasteiger partial charge in [-0.25, -0.2) is 5.43 Å². The Morgan fingerprint density at radius 2 is 1.68 bits per heavy atom. The van der Waals surface area contributed by atoms with Crippen molar-refractivity contribution in [2.45, 2.75) is 27.4 Å². The van der Waals surface area contributed by atoms with E-state index in [4.69, 9.17) is 4.74 Å². The number of ether oxygens (including phenoxy) is 1. The topological polar surface area (TPSA) is 79.8 Å². The molecular formula is C25H25N3O3. The van der Waals surface area contributed by atoms with Crippen molar-refractivity contribution in [2.75, 3.05) is 5.32 Å². The molecule has 0 unspecified atom stereocenters. The van der Waals surface area contributed by atoms with Gasteiger partial charge in [0.2, 0.25) is 0 Å². The minimum Gasteiger partial charge on any atom is -0.489 e. The van der Waals surface area contributed by atoms with Gasteiger partial charge in [-0.1, -0.05) is 48.0 Å². The Hall–Kier alpha value is -3.93. The van der Waals surface area contributed by atoms with Gasteiger partial charge in [-0.15, -0.1) is 0 Å². The third-order valence-corrected chi connectivity index (χ3v) is 4.73. The number of carbonyl (C=O) groups excluding carboxylic acids is 2. The number of benzene rings is 3. The van der Waals surface area contributed by atoms with Crippen molar-refractivity contribution < 1.29 is 14.3 Å². The SMILES string of the molecule is Cc1ccc(COc2cccc(C=NNC(=O)C(=O)Nc3ccc(C)c(C)c3)c2)cc1. The van der Waals surface area contributed by atoms with Crippen LogP contribution in [0.4, 0.5) is 5.69 Å². The van der Waals surface area contributed by atoms with Gasteiger partial charge in [-0.3, -0.25) is 9.59 Å². The van der Waals surface area contributed by atoms with Crippen LogP contribution in [0.5, 0.6) is 5.75 Å². The molecule has 0 saturated carbocycles. The highest BCUT2D eigenvalue weighted by atomic mass is 16.5. The molecule has 0 aromatic heterocycles. The van der Waals surface area contributed by atoms with Crippen molar-refractivity contribution >= 4 is 23.7 Å². The van der Waals surface area contributed by atoms with Crippen molar-refractivity contribution in [1.29, 1.82) is 0 Å². The van der Waals surface area contributed by atoms with Crippen molar-refractivity contribution in [3.05, 3.63) is 94.5 Å². The highest BCUT2D eigenvalue weighted by Crippen LogP contribution is 2.15. The zero-order valence-corrected chi connectivity index (χ0v) is 17.8. The molecule has 0 fully saturated rings. The van der Waals surface area contributed by atoms with Crippen LogP contribution in [-0.4, -0.2) is 18.0 Å². The van der Waals surface area contributed by atoms with E-state index in [1.165, 1.54) is 11.8 Å². The smallest absolute Gasteiger partial charge is 0.329 e. The first-order valence-electron chi connectivity index (χ1n) is 9.91. The Morgan fingerprint density at radius 3 is 2.42 bits per heavy atom. The van der Waals surface area contributed by atoms with Crippen LogP contribution >= 0.6 is 0 Å². The molecule has 0 bridgehead atoms. The summed E-state index contributed by atoms with van der Waals surface area (Å²) in [5.74, 6) is -0.944. The molecule has 6 heteroatoms. The summed E-state index contributed by atoms with van der Waals surface area (Å²) in [6.45, 7) is 6.41.